The number of carbonyl (C=O) groups is 1. The number of rotatable bonds is 6. The lowest BCUT2D eigenvalue weighted by Crippen LogP contribution is -2.34. The quantitative estimate of drug-likeness (QED) is 0.833. The number of carbonyl (C=O) groups excluding carboxylic acids is 1. The monoisotopic (exact) mass is 296 g/mol. The van der Waals surface area contributed by atoms with Crippen LogP contribution in [0.1, 0.15) is 25.3 Å². The molecule has 0 atom stereocenters. The average molecular weight is 296 g/mol. The number of nitrogens with zero attached hydrogens (tertiary/aromatic N) is 1. The first-order chi connectivity index (χ1) is 10.7. The molecule has 4 nitrogen and oxygen atoms in total. The van der Waals surface area contributed by atoms with Crippen LogP contribution in [-0.2, 0) is 11.2 Å². The lowest BCUT2D eigenvalue weighted by molar-refractivity contribution is -0.130. The largest absolute Gasteiger partial charge is 0.493 e. The second-order valence-corrected chi connectivity index (χ2v) is 5.56. The number of fused-ring (bicyclic) bond motifs is 1. The minimum Gasteiger partial charge on any atom is -0.493 e. The van der Waals surface area contributed by atoms with E-state index in [1.807, 2.05) is 36.2 Å². The summed E-state index contributed by atoms with van der Waals surface area (Å²) >= 11 is 0. The lowest BCUT2D eigenvalue weighted by atomic mass is 10.1. The molecule has 1 aliphatic carbocycles. The van der Waals surface area contributed by atoms with E-state index in [4.69, 9.17) is 11.2 Å². The summed E-state index contributed by atoms with van der Waals surface area (Å²) < 4.78 is 5.69. The van der Waals surface area contributed by atoms with Crippen molar-refractivity contribution in [3.05, 3.63) is 30.0 Å². The van der Waals surface area contributed by atoms with Crippen molar-refractivity contribution in [2.75, 3.05) is 13.2 Å². The number of nitrogens with one attached hydrogen (secondary N) is 1. The van der Waals surface area contributed by atoms with Crippen LogP contribution in [0.3, 0.4) is 0 Å². The normalized spacial score (nSPS) is 13.8. The molecule has 1 N–H and O–H groups in total. The number of benzene rings is 1. The molecule has 0 aliphatic heterocycles. The van der Waals surface area contributed by atoms with Crippen LogP contribution in [0.25, 0.3) is 10.9 Å². The van der Waals surface area contributed by atoms with Gasteiger partial charge >= 0.3 is 0 Å². The maximum Gasteiger partial charge on any atom is 0.228 e. The molecule has 0 unspecified atom stereocenters. The van der Waals surface area contributed by atoms with Crippen molar-refractivity contribution in [2.24, 2.45) is 0 Å². The number of aromatic nitrogens is 1. The lowest BCUT2D eigenvalue weighted by Gasteiger charge is -2.19. The SMILES string of the molecule is C#CCN(C(=O)Cc1c[nH]c2cccc(OCC)c12)C1CC1. The van der Waals surface area contributed by atoms with Gasteiger partial charge in [0.25, 0.3) is 0 Å². The number of H-pyrrole nitrogens is 1. The van der Waals surface area contributed by atoms with Gasteiger partial charge in [-0.1, -0.05) is 12.0 Å². The van der Waals surface area contributed by atoms with Gasteiger partial charge in [-0.3, -0.25) is 4.79 Å². The number of aromatic amines is 1. The molecule has 1 amide bonds. The Balaban J connectivity index is 1.87. The standard InChI is InChI=1S/C18H20N2O2/c1-3-10-20(14-8-9-14)17(21)11-13-12-19-15-6-5-7-16(18(13)15)22-4-2/h1,5-7,12,14,19H,4,8-11H2,2H3. The molecule has 3 rings (SSSR count). The third kappa shape index (κ3) is 2.80. The van der Waals surface area contributed by atoms with Gasteiger partial charge in [0, 0.05) is 23.1 Å². The summed E-state index contributed by atoms with van der Waals surface area (Å²) in [6.45, 7) is 2.95. The highest BCUT2D eigenvalue weighted by molar-refractivity contribution is 5.93. The molecule has 0 radical (unpaired) electrons. The molecule has 1 aliphatic rings. The zero-order chi connectivity index (χ0) is 15.5. The second kappa shape index (κ2) is 6.15. The van der Waals surface area contributed by atoms with Crippen molar-refractivity contribution in [3.8, 4) is 18.1 Å². The highest BCUT2D eigenvalue weighted by Crippen LogP contribution is 2.31. The van der Waals surface area contributed by atoms with Crippen molar-refractivity contribution in [1.82, 2.24) is 9.88 Å². The Hall–Kier alpha value is -2.41. The van der Waals surface area contributed by atoms with Crippen LogP contribution in [0.4, 0.5) is 0 Å². The molecule has 1 heterocycles. The Labute approximate surface area is 130 Å². The molecule has 2 aromatic rings. The Morgan fingerprint density at radius 2 is 2.32 bits per heavy atom. The van der Waals surface area contributed by atoms with E-state index >= 15 is 0 Å². The molecule has 0 bridgehead atoms. The molecule has 114 valence electrons. The van der Waals surface area contributed by atoms with E-state index in [1.165, 1.54) is 0 Å². The number of amides is 1. The molecule has 4 heteroatoms. The summed E-state index contributed by atoms with van der Waals surface area (Å²) in [5, 5.41) is 0.995. The maximum absolute atomic E-state index is 12.6. The van der Waals surface area contributed by atoms with Gasteiger partial charge in [-0.2, -0.15) is 0 Å². The van der Waals surface area contributed by atoms with Crippen LogP contribution in [0.15, 0.2) is 24.4 Å². The number of ether oxygens (including phenoxy) is 1. The van der Waals surface area contributed by atoms with Crippen LogP contribution in [-0.4, -0.2) is 35.0 Å². The summed E-state index contributed by atoms with van der Waals surface area (Å²) in [6, 6.07) is 6.21. The first-order valence-corrected chi connectivity index (χ1v) is 7.69. The summed E-state index contributed by atoms with van der Waals surface area (Å²) in [7, 11) is 0. The number of hydrogen-bond donors (Lipinski definition) is 1. The van der Waals surface area contributed by atoms with Gasteiger partial charge in [0.2, 0.25) is 5.91 Å². The van der Waals surface area contributed by atoms with E-state index in [-0.39, 0.29) is 5.91 Å². The smallest absolute Gasteiger partial charge is 0.228 e. The van der Waals surface area contributed by atoms with Crippen LogP contribution >= 0.6 is 0 Å². The Bertz CT molecular complexity index is 722. The minimum absolute atomic E-state index is 0.0904. The topological polar surface area (TPSA) is 45.3 Å². The molecule has 1 fully saturated rings. The summed E-state index contributed by atoms with van der Waals surface area (Å²) in [6.07, 6.45) is 9.76. The Morgan fingerprint density at radius 1 is 1.50 bits per heavy atom. The predicted octanol–water partition coefficient (Wildman–Crippen LogP) is 2.73. The van der Waals surface area contributed by atoms with E-state index in [1.54, 1.807) is 0 Å². The Kier molecular flexibility index (Phi) is 4.06. The highest BCUT2D eigenvalue weighted by atomic mass is 16.5. The fourth-order valence-corrected chi connectivity index (χ4v) is 2.80. The van der Waals surface area contributed by atoms with Crippen LogP contribution < -0.4 is 4.74 Å². The van der Waals surface area contributed by atoms with E-state index in [2.05, 4.69) is 10.9 Å². The molecule has 1 aromatic heterocycles. The average Bonchev–Trinajstić information content (AvgIpc) is 3.27. The van der Waals surface area contributed by atoms with Crippen LogP contribution in [0.5, 0.6) is 5.75 Å². The van der Waals surface area contributed by atoms with E-state index in [0.717, 1.165) is 35.1 Å². The second-order valence-electron chi connectivity index (χ2n) is 5.56. The van der Waals surface area contributed by atoms with Crippen molar-refractivity contribution in [3.63, 3.8) is 0 Å². The van der Waals surface area contributed by atoms with Gasteiger partial charge in [-0.05, 0) is 37.5 Å². The third-order valence-electron chi connectivity index (χ3n) is 3.96. The zero-order valence-electron chi connectivity index (χ0n) is 12.8. The van der Waals surface area contributed by atoms with Gasteiger partial charge in [-0.15, -0.1) is 6.42 Å². The summed E-state index contributed by atoms with van der Waals surface area (Å²) in [5.74, 6) is 3.50. The zero-order valence-corrected chi connectivity index (χ0v) is 12.8. The van der Waals surface area contributed by atoms with Gasteiger partial charge in [0.05, 0.1) is 19.6 Å². The van der Waals surface area contributed by atoms with Gasteiger partial charge in [-0.25, -0.2) is 0 Å². The maximum atomic E-state index is 12.6. The number of hydrogen-bond acceptors (Lipinski definition) is 2. The van der Waals surface area contributed by atoms with Crippen molar-refractivity contribution >= 4 is 16.8 Å². The van der Waals surface area contributed by atoms with Crippen molar-refractivity contribution in [1.29, 1.82) is 0 Å². The summed E-state index contributed by atoms with van der Waals surface area (Å²) in [4.78, 5) is 17.6. The van der Waals surface area contributed by atoms with Crippen molar-refractivity contribution < 1.29 is 9.53 Å². The van der Waals surface area contributed by atoms with Crippen LogP contribution in [0, 0.1) is 12.3 Å². The first kappa shape index (κ1) is 14.5. The highest BCUT2D eigenvalue weighted by Gasteiger charge is 2.32. The molecule has 1 saturated carbocycles. The summed E-state index contributed by atoms with van der Waals surface area (Å²) in [5.41, 5.74) is 1.95. The fourth-order valence-electron chi connectivity index (χ4n) is 2.80. The fraction of sp³-hybridized carbons (Fsp3) is 0.389. The molecular weight excluding hydrogens is 276 g/mol. The molecule has 1 aromatic carbocycles. The molecule has 0 spiro atoms. The third-order valence-corrected chi connectivity index (χ3v) is 3.96. The first-order valence-electron chi connectivity index (χ1n) is 7.69. The van der Waals surface area contributed by atoms with Crippen LogP contribution in [0.2, 0.25) is 0 Å². The van der Waals surface area contributed by atoms with Gasteiger partial charge < -0.3 is 14.6 Å². The molecule has 0 saturated heterocycles. The minimum atomic E-state index is 0.0904. The van der Waals surface area contributed by atoms with E-state index < -0.39 is 0 Å². The van der Waals surface area contributed by atoms with E-state index in [9.17, 15) is 4.79 Å². The Morgan fingerprint density at radius 3 is 3.00 bits per heavy atom. The van der Waals surface area contributed by atoms with E-state index in [0.29, 0.717) is 25.6 Å². The van der Waals surface area contributed by atoms with Gasteiger partial charge in [0.15, 0.2) is 0 Å². The molecule has 22 heavy (non-hydrogen) atoms. The van der Waals surface area contributed by atoms with Gasteiger partial charge in [0.1, 0.15) is 5.75 Å². The number of terminal acetylenes is 1. The molecular formula is C18H20N2O2. The van der Waals surface area contributed by atoms with Crippen molar-refractivity contribution in [2.45, 2.75) is 32.2 Å². The predicted molar refractivity (Wildman–Crippen MR) is 86.7 cm³/mol.